The van der Waals surface area contributed by atoms with Gasteiger partial charge in [-0.25, -0.2) is 0 Å². The molecular weight excluding hydrogens is 198 g/mol. The second kappa shape index (κ2) is 5.48. The van der Waals surface area contributed by atoms with E-state index in [1.54, 1.807) is 0 Å². The molecule has 0 amide bonds. The van der Waals surface area contributed by atoms with Crippen LogP contribution >= 0.6 is 0 Å². The van der Waals surface area contributed by atoms with Gasteiger partial charge in [0.25, 0.3) is 0 Å². The van der Waals surface area contributed by atoms with Crippen molar-refractivity contribution in [1.82, 2.24) is 15.1 Å². The normalized spacial score (nSPS) is 38.1. The molecule has 2 aliphatic rings. The minimum Gasteiger partial charge on any atom is -0.312 e. The van der Waals surface area contributed by atoms with E-state index in [0.717, 1.165) is 18.0 Å². The molecule has 2 saturated heterocycles. The topological polar surface area (TPSA) is 18.5 Å². The van der Waals surface area contributed by atoms with Crippen LogP contribution in [0.15, 0.2) is 0 Å². The van der Waals surface area contributed by atoms with Crippen molar-refractivity contribution in [3.8, 4) is 0 Å². The van der Waals surface area contributed by atoms with Gasteiger partial charge >= 0.3 is 0 Å². The number of hydrogen-bond donors (Lipinski definition) is 1. The predicted molar refractivity (Wildman–Crippen MR) is 68.7 cm³/mol. The molecule has 94 valence electrons. The first-order chi connectivity index (χ1) is 7.65. The second-order valence-electron chi connectivity index (χ2n) is 5.90. The molecular formula is C13H27N3. The number of piperidine rings is 1. The summed E-state index contributed by atoms with van der Waals surface area (Å²) in [5.41, 5.74) is 0. The van der Waals surface area contributed by atoms with Crippen LogP contribution in [0.1, 0.15) is 26.2 Å². The summed E-state index contributed by atoms with van der Waals surface area (Å²) in [5, 5.41) is 3.76. The lowest BCUT2D eigenvalue weighted by Crippen LogP contribution is -2.41. The van der Waals surface area contributed by atoms with E-state index < -0.39 is 0 Å². The highest BCUT2D eigenvalue weighted by Gasteiger charge is 2.26. The Bertz CT molecular complexity index is 204. The van der Waals surface area contributed by atoms with Crippen molar-refractivity contribution in [2.24, 2.45) is 5.92 Å². The van der Waals surface area contributed by atoms with Crippen molar-refractivity contribution in [3.63, 3.8) is 0 Å². The highest BCUT2D eigenvalue weighted by atomic mass is 15.2. The van der Waals surface area contributed by atoms with Crippen molar-refractivity contribution in [2.45, 2.75) is 38.3 Å². The first-order valence-corrected chi connectivity index (χ1v) is 6.77. The largest absolute Gasteiger partial charge is 0.312 e. The fraction of sp³-hybridized carbons (Fsp3) is 1.00. The summed E-state index contributed by atoms with van der Waals surface area (Å²) < 4.78 is 0. The molecule has 2 rings (SSSR count). The summed E-state index contributed by atoms with van der Waals surface area (Å²) in [6.45, 7) is 7.35. The zero-order chi connectivity index (χ0) is 11.5. The quantitative estimate of drug-likeness (QED) is 0.773. The maximum absolute atomic E-state index is 3.76. The van der Waals surface area contributed by atoms with Crippen molar-refractivity contribution in [2.75, 3.05) is 40.3 Å². The lowest BCUT2D eigenvalue weighted by molar-refractivity contribution is 0.202. The Hall–Kier alpha value is -0.120. The number of nitrogens with zero attached hydrogens (tertiary/aromatic N) is 2. The van der Waals surface area contributed by atoms with Crippen LogP contribution in [0.25, 0.3) is 0 Å². The van der Waals surface area contributed by atoms with Gasteiger partial charge in [-0.05, 0) is 59.3 Å². The average Bonchev–Trinajstić information content (AvgIpc) is 2.56. The second-order valence-corrected chi connectivity index (χ2v) is 5.90. The molecule has 1 N–H and O–H groups in total. The van der Waals surface area contributed by atoms with Crippen LogP contribution in [-0.4, -0.2) is 62.2 Å². The summed E-state index contributed by atoms with van der Waals surface area (Å²) >= 11 is 0. The number of likely N-dealkylation sites (tertiary alicyclic amines) is 2. The van der Waals surface area contributed by atoms with E-state index in [-0.39, 0.29) is 0 Å². The minimum absolute atomic E-state index is 0.729. The summed E-state index contributed by atoms with van der Waals surface area (Å²) in [6.07, 6.45) is 4.11. The molecule has 0 saturated carbocycles. The van der Waals surface area contributed by atoms with E-state index in [2.05, 4.69) is 36.1 Å². The van der Waals surface area contributed by atoms with E-state index in [0.29, 0.717) is 0 Å². The maximum Gasteiger partial charge on any atom is 0.0209 e. The van der Waals surface area contributed by atoms with Crippen LogP contribution in [-0.2, 0) is 0 Å². The standard InChI is InChI=1S/C13H27N3/c1-11-7-13(10-16(11)3)14-8-12-5-4-6-15(2)9-12/h11-14H,4-10H2,1-3H3. The van der Waals surface area contributed by atoms with Crippen LogP contribution in [0.2, 0.25) is 0 Å². The van der Waals surface area contributed by atoms with E-state index >= 15 is 0 Å². The number of likely N-dealkylation sites (N-methyl/N-ethyl adjacent to an activating group) is 1. The summed E-state index contributed by atoms with van der Waals surface area (Å²) in [5.74, 6) is 0.875. The molecule has 3 unspecified atom stereocenters. The van der Waals surface area contributed by atoms with Crippen LogP contribution < -0.4 is 5.32 Å². The molecule has 0 aliphatic carbocycles. The zero-order valence-corrected chi connectivity index (χ0v) is 11.1. The van der Waals surface area contributed by atoms with Gasteiger partial charge in [0.05, 0.1) is 0 Å². The molecule has 16 heavy (non-hydrogen) atoms. The Morgan fingerprint density at radius 1 is 1.25 bits per heavy atom. The molecule has 2 heterocycles. The van der Waals surface area contributed by atoms with E-state index in [4.69, 9.17) is 0 Å². The van der Waals surface area contributed by atoms with Gasteiger partial charge in [-0.3, -0.25) is 0 Å². The molecule has 0 radical (unpaired) electrons. The van der Waals surface area contributed by atoms with Gasteiger partial charge < -0.3 is 15.1 Å². The Kier molecular flexibility index (Phi) is 4.22. The first kappa shape index (κ1) is 12.3. The first-order valence-electron chi connectivity index (χ1n) is 6.77. The molecule has 3 heteroatoms. The monoisotopic (exact) mass is 225 g/mol. The Morgan fingerprint density at radius 3 is 2.69 bits per heavy atom. The van der Waals surface area contributed by atoms with Gasteiger partial charge in [0.15, 0.2) is 0 Å². The average molecular weight is 225 g/mol. The van der Waals surface area contributed by atoms with Crippen molar-refractivity contribution < 1.29 is 0 Å². The molecule has 2 fully saturated rings. The SMILES string of the molecule is CC1CC(NCC2CCCN(C)C2)CN1C. The van der Waals surface area contributed by atoms with Gasteiger partial charge in [-0.2, -0.15) is 0 Å². The number of rotatable bonds is 3. The third-order valence-electron chi connectivity index (χ3n) is 4.30. The fourth-order valence-corrected chi connectivity index (χ4v) is 3.11. The minimum atomic E-state index is 0.729. The molecule has 0 bridgehead atoms. The molecule has 0 spiro atoms. The highest BCUT2D eigenvalue weighted by molar-refractivity contribution is 4.86. The van der Waals surface area contributed by atoms with Gasteiger partial charge in [0.2, 0.25) is 0 Å². The molecule has 3 atom stereocenters. The number of nitrogens with one attached hydrogen (secondary N) is 1. The molecule has 3 nitrogen and oxygen atoms in total. The van der Waals surface area contributed by atoms with Gasteiger partial charge in [-0.15, -0.1) is 0 Å². The molecule has 0 aromatic rings. The summed E-state index contributed by atoms with van der Waals surface area (Å²) in [7, 11) is 4.48. The van der Waals surface area contributed by atoms with E-state index in [1.165, 1.54) is 45.4 Å². The third kappa shape index (κ3) is 3.19. The van der Waals surface area contributed by atoms with Crippen molar-refractivity contribution in [3.05, 3.63) is 0 Å². The molecule has 0 aromatic heterocycles. The van der Waals surface area contributed by atoms with Gasteiger partial charge in [0, 0.05) is 25.2 Å². The van der Waals surface area contributed by atoms with E-state index in [1.807, 2.05) is 0 Å². The predicted octanol–water partition coefficient (Wildman–Crippen LogP) is 1.01. The molecule has 2 aliphatic heterocycles. The lowest BCUT2D eigenvalue weighted by Gasteiger charge is -2.30. The van der Waals surface area contributed by atoms with Gasteiger partial charge in [0.1, 0.15) is 0 Å². The van der Waals surface area contributed by atoms with Gasteiger partial charge in [-0.1, -0.05) is 0 Å². The fourth-order valence-electron chi connectivity index (χ4n) is 3.11. The van der Waals surface area contributed by atoms with Crippen LogP contribution in [0.5, 0.6) is 0 Å². The zero-order valence-electron chi connectivity index (χ0n) is 11.1. The molecule has 0 aromatic carbocycles. The third-order valence-corrected chi connectivity index (χ3v) is 4.30. The number of hydrogen-bond acceptors (Lipinski definition) is 3. The van der Waals surface area contributed by atoms with Crippen LogP contribution in [0, 0.1) is 5.92 Å². The smallest absolute Gasteiger partial charge is 0.0209 e. The Balaban J connectivity index is 1.67. The highest BCUT2D eigenvalue weighted by Crippen LogP contribution is 2.17. The van der Waals surface area contributed by atoms with Crippen molar-refractivity contribution >= 4 is 0 Å². The summed E-state index contributed by atoms with van der Waals surface area (Å²) in [6, 6.07) is 1.48. The summed E-state index contributed by atoms with van der Waals surface area (Å²) in [4.78, 5) is 4.93. The van der Waals surface area contributed by atoms with Crippen LogP contribution in [0.4, 0.5) is 0 Å². The Morgan fingerprint density at radius 2 is 2.06 bits per heavy atom. The van der Waals surface area contributed by atoms with E-state index in [9.17, 15) is 0 Å². The Labute approximate surface area is 100 Å². The van der Waals surface area contributed by atoms with Crippen LogP contribution in [0.3, 0.4) is 0 Å². The lowest BCUT2D eigenvalue weighted by atomic mass is 9.98. The maximum atomic E-state index is 3.76. The van der Waals surface area contributed by atoms with Crippen molar-refractivity contribution in [1.29, 1.82) is 0 Å².